The number of hydrogen-bond acceptors (Lipinski definition) is 6. The Labute approximate surface area is 273 Å². The summed E-state index contributed by atoms with van der Waals surface area (Å²) in [7, 11) is 5.47. The van der Waals surface area contributed by atoms with Crippen molar-refractivity contribution in [1.29, 1.82) is 0 Å². The number of nitrogens with zero attached hydrogens (tertiary/aromatic N) is 1. The zero-order valence-electron chi connectivity index (χ0n) is 28.8. The number of carboxylic acids is 1. The summed E-state index contributed by atoms with van der Waals surface area (Å²) in [5, 5.41) is 9.54. The van der Waals surface area contributed by atoms with Crippen LogP contribution in [0.25, 0.3) is 0 Å². The van der Waals surface area contributed by atoms with Gasteiger partial charge in [-0.3, -0.25) is 9.59 Å². The Hall–Kier alpha value is -2.97. The Morgan fingerprint density at radius 3 is 1.64 bits per heavy atom. The van der Waals surface area contributed by atoms with E-state index in [2.05, 4.69) is 74.6 Å². The van der Waals surface area contributed by atoms with Crippen molar-refractivity contribution in [1.82, 2.24) is 0 Å². The summed E-state index contributed by atoms with van der Waals surface area (Å²) in [4.78, 5) is 36.5. The molecule has 0 aromatic heterocycles. The van der Waals surface area contributed by atoms with Crippen molar-refractivity contribution in [2.24, 2.45) is 0 Å². The standard InChI is InChI=1S/C37H61NO7/c1-6-8-10-12-14-16-17-18-20-22-24-26-28-36(40)45-33(31-43-30-29-34(37(41)42)38(3,4)5)32-44-35(39)27-25-23-21-19-15-13-11-9-7-2/h8-11,14-16,18-20,33-34H,6-7,12-13,17,21-32H2,1-5H3/p+1/b10-8+,11-9+,16-14+,19-15+,20-18+. The number of carbonyl (C=O) groups excluding carboxylic acids is 2. The first-order valence-electron chi connectivity index (χ1n) is 16.8. The first-order chi connectivity index (χ1) is 21.6. The summed E-state index contributed by atoms with van der Waals surface area (Å²) in [5.74, 6) is -1.58. The third-order valence-electron chi connectivity index (χ3n) is 6.91. The van der Waals surface area contributed by atoms with E-state index in [9.17, 15) is 19.5 Å². The molecule has 0 fully saturated rings. The molecule has 1 N–H and O–H groups in total. The number of allylic oxidation sites excluding steroid dienone is 10. The van der Waals surface area contributed by atoms with E-state index in [4.69, 9.17) is 14.2 Å². The van der Waals surface area contributed by atoms with Gasteiger partial charge in [0.1, 0.15) is 6.61 Å². The van der Waals surface area contributed by atoms with Crippen LogP contribution in [0, 0.1) is 0 Å². The third kappa shape index (κ3) is 27.1. The molecule has 0 aliphatic carbocycles. The molecule has 0 rings (SSSR count). The van der Waals surface area contributed by atoms with Crippen molar-refractivity contribution >= 4 is 17.9 Å². The highest BCUT2D eigenvalue weighted by Gasteiger charge is 2.31. The van der Waals surface area contributed by atoms with Gasteiger partial charge in [-0.15, -0.1) is 0 Å². The Kier molecular flexibility index (Phi) is 26.6. The predicted octanol–water partition coefficient (Wildman–Crippen LogP) is 7.90. The molecule has 0 aliphatic rings. The molecule has 0 saturated carbocycles. The smallest absolute Gasteiger partial charge is 0.362 e. The average molecular weight is 633 g/mol. The molecule has 45 heavy (non-hydrogen) atoms. The maximum absolute atomic E-state index is 12.6. The average Bonchev–Trinajstić information content (AvgIpc) is 2.98. The molecule has 0 spiro atoms. The summed E-state index contributed by atoms with van der Waals surface area (Å²) < 4.78 is 17.0. The Balaban J connectivity index is 4.61. The normalized spacial score (nSPS) is 13.9. The van der Waals surface area contributed by atoms with Gasteiger partial charge >= 0.3 is 17.9 Å². The van der Waals surface area contributed by atoms with Crippen LogP contribution in [0.1, 0.15) is 104 Å². The fourth-order valence-electron chi connectivity index (χ4n) is 4.32. The second-order valence-corrected chi connectivity index (χ2v) is 12.0. The van der Waals surface area contributed by atoms with Crippen LogP contribution in [0.5, 0.6) is 0 Å². The molecule has 0 amide bonds. The molecule has 8 heteroatoms. The number of carboxylic acid groups (broad SMARTS) is 1. The maximum Gasteiger partial charge on any atom is 0.362 e. The largest absolute Gasteiger partial charge is 0.477 e. The van der Waals surface area contributed by atoms with Gasteiger partial charge in [0.15, 0.2) is 12.1 Å². The van der Waals surface area contributed by atoms with E-state index in [1.807, 2.05) is 21.1 Å². The van der Waals surface area contributed by atoms with Gasteiger partial charge in [-0.05, 0) is 70.6 Å². The molecule has 0 aromatic carbocycles. The lowest BCUT2D eigenvalue weighted by Gasteiger charge is -2.31. The molecule has 0 heterocycles. The topological polar surface area (TPSA) is 99.1 Å². The molecule has 8 nitrogen and oxygen atoms in total. The minimum absolute atomic E-state index is 0.0320. The van der Waals surface area contributed by atoms with Crippen molar-refractivity contribution in [2.45, 2.75) is 116 Å². The summed E-state index contributed by atoms with van der Waals surface area (Å²) >= 11 is 0. The van der Waals surface area contributed by atoms with Crippen LogP contribution in [0.2, 0.25) is 0 Å². The Morgan fingerprint density at radius 2 is 1.16 bits per heavy atom. The van der Waals surface area contributed by atoms with E-state index in [-0.39, 0.29) is 42.7 Å². The molecular weight excluding hydrogens is 570 g/mol. The summed E-state index contributed by atoms with van der Waals surface area (Å²) in [6.07, 6.45) is 31.5. The fourth-order valence-corrected chi connectivity index (χ4v) is 4.32. The molecular formula is C37H62NO7+. The van der Waals surface area contributed by atoms with Gasteiger partial charge in [0.2, 0.25) is 0 Å². The highest BCUT2D eigenvalue weighted by molar-refractivity contribution is 5.72. The molecule has 256 valence electrons. The van der Waals surface area contributed by atoms with Crippen molar-refractivity contribution in [3.05, 3.63) is 60.8 Å². The van der Waals surface area contributed by atoms with Crippen LogP contribution in [0.4, 0.5) is 0 Å². The van der Waals surface area contributed by atoms with E-state index in [0.717, 1.165) is 64.2 Å². The van der Waals surface area contributed by atoms with Gasteiger partial charge in [0.25, 0.3) is 0 Å². The van der Waals surface area contributed by atoms with Crippen LogP contribution in [-0.4, -0.2) is 80.6 Å². The van der Waals surface area contributed by atoms with E-state index in [0.29, 0.717) is 19.3 Å². The number of carbonyl (C=O) groups is 3. The lowest BCUT2D eigenvalue weighted by atomic mass is 10.1. The predicted molar refractivity (Wildman–Crippen MR) is 183 cm³/mol. The van der Waals surface area contributed by atoms with Gasteiger partial charge in [-0.2, -0.15) is 0 Å². The number of ether oxygens (including phenoxy) is 3. The molecule has 2 atom stereocenters. The second-order valence-electron chi connectivity index (χ2n) is 12.0. The van der Waals surface area contributed by atoms with Crippen LogP contribution < -0.4 is 0 Å². The number of unbranched alkanes of at least 4 members (excludes halogenated alkanes) is 4. The number of esters is 2. The third-order valence-corrected chi connectivity index (χ3v) is 6.91. The summed E-state index contributed by atoms with van der Waals surface area (Å²) in [6, 6.07) is -0.625. The van der Waals surface area contributed by atoms with Crippen molar-refractivity contribution in [2.75, 3.05) is 41.0 Å². The molecule has 0 radical (unpaired) electrons. The van der Waals surface area contributed by atoms with Crippen molar-refractivity contribution < 1.29 is 38.2 Å². The van der Waals surface area contributed by atoms with Crippen LogP contribution in [-0.2, 0) is 28.6 Å². The number of hydrogen-bond donors (Lipinski definition) is 1. The maximum atomic E-state index is 12.6. The number of rotatable bonds is 28. The zero-order chi connectivity index (χ0) is 33.6. The summed E-state index contributed by atoms with van der Waals surface area (Å²) in [5.41, 5.74) is 0. The minimum atomic E-state index is -0.891. The second kappa shape index (κ2) is 28.5. The lowest BCUT2D eigenvalue weighted by Crippen LogP contribution is -2.50. The van der Waals surface area contributed by atoms with Gasteiger partial charge in [0.05, 0.1) is 34.4 Å². The highest BCUT2D eigenvalue weighted by atomic mass is 16.6. The highest BCUT2D eigenvalue weighted by Crippen LogP contribution is 2.11. The van der Waals surface area contributed by atoms with E-state index in [1.54, 1.807) is 0 Å². The Morgan fingerprint density at radius 1 is 0.667 bits per heavy atom. The van der Waals surface area contributed by atoms with E-state index < -0.39 is 18.1 Å². The zero-order valence-corrected chi connectivity index (χ0v) is 28.8. The number of aliphatic carboxylic acids is 1. The molecule has 0 aromatic rings. The van der Waals surface area contributed by atoms with E-state index in [1.165, 1.54) is 0 Å². The SMILES string of the molecule is CC/C=C/C/C=C/C/C=C/CCCCC(=O)OC(COCCC(C(=O)O)[N+](C)(C)C)COC(=O)CCCC/C=C/C/C=C/CC. The number of likely N-dealkylation sites (N-methyl/N-ethyl adjacent to an activating group) is 1. The molecule has 2 unspecified atom stereocenters. The lowest BCUT2D eigenvalue weighted by molar-refractivity contribution is -0.887. The molecule has 0 saturated heterocycles. The molecule has 0 aliphatic heterocycles. The van der Waals surface area contributed by atoms with Gasteiger partial charge in [-0.25, -0.2) is 4.79 Å². The van der Waals surface area contributed by atoms with Crippen LogP contribution >= 0.6 is 0 Å². The first kappa shape index (κ1) is 42.0. The first-order valence-corrected chi connectivity index (χ1v) is 16.8. The van der Waals surface area contributed by atoms with Gasteiger partial charge < -0.3 is 23.8 Å². The number of quaternary nitrogens is 1. The molecule has 0 bridgehead atoms. The van der Waals surface area contributed by atoms with Crippen LogP contribution in [0.3, 0.4) is 0 Å². The minimum Gasteiger partial charge on any atom is -0.477 e. The Bertz CT molecular complexity index is 928. The monoisotopic (exact) mass is 632 g/mol. The van der Waals surface area contributed by atoms with Gasteiger partial charge in [0, 0.05) is 19.3 Å². The van der Waals surface area contributed by atoms with E-state index >= 15 is 0 Å². The van der Waals surface area contributed by atoms with Gasteiger partial charge in [-0.1, -0.05) is 74.6 Å². The van der Waals surface area contributed by atoms with Crippen molar-refractivity contribution in [3.63, 3.8) is 0 Å². The summed E-state index contributed by atoms with van der Waals surface area (Å²) in [6.45, 7) is 4.37. The van der Waals surface area contributed by atoms with Crippen molar-refractivity contribution in [3.8, 4) is 0 Å². The quantitative estimate of drug-likeness (QED) is 0.0405. The van der Waals surface area contributed by atoms with Crippen LogP contribution in [0.15, 0.2) is 60.8 Å². The fraction of sp³-hybridized carbons (Fsp3) is 0.649.